The van der Waals surface area contributed by atoms with E-state index < -0.39 is 0 Å². The lowest BCUT2D eigenvalue weighted by Crippen LogP contribution is -2.51. The molecule has 0 aliphatic carbocycles. The second-order valence-electron chi connectivity index (χ2n) is 5.04. The first-order valence-electron chi connectivity index (χ1n) is 6.53. The molecule has 2 N–H and O–H groups in total. The summed E-state index contributed by atoms with van der Waals surface area (Å²) < 4.78 is 1.01. The van der Waals surface area contributed by atoms with E-state index in [1.54, 1.807) is 4.90 Å². The summed E-state index contributed by atoms with van der Waals surface area (Å²) in [7, 11) is 1.85. The van der Waals surface area contributed by atoms with Crippen LogP contribution in [0.25, 0.3) is 0 Å². The van der Waals surface area contributed by atoms with Crippen molar-refractivity contribution in [1.29, 1.82) is 0 Å². The summed E-state index contributed by atoms with van der Waals surface area (Å²) in [6.45, 7) is 3.26. The monoisotopic (exact) mass is 325 g/mol. The Morgan fingerprint density at radius 2 is 2.21 bits per heavy atom. The largest absolute Gasteiger partial charge is 0.356 e. The van der Waals surface area contributed by atoms with E-state index in [0.717, 1.165) is 23.1 Å². The van der Waals surface area contributed by atoms with Gasteiger partial charge in [0.1, 0.15) is 6.04 Å². The summed E-state index contributed by atoms with van der Waals surface area (Å²) in [5.41, 5.74) is 6.90. The summed E-state index contributed by atoms with van der Waals surface area (Å²) >= 11 is 3.48. The Bertz CT molecular complexity index is 466. The molecule has 1 heterocycles. The molecule has 0 saturated carbocycles. The SMILES string of the molecule is CC1CCN(C)C(=O)C(CN)N1c1cccc(Br)c1. The van der Waals surface area contributed by atoms with Gasteiger partial charge in [0.25, 0.3) is 0 Å². The van der Waals surface area contributed by atoms with Gasteiger partial charge in [-0.25, -0.2) is 0 Å². The number of halogens is 1. The van der Waals surface area contributed by atoms with Crippen LogP contribution in [0.5, 0.6) is 0 Å². The van der Waals surface area contributed by atoms with Gasteiger partial charge in [0.2, 0.25) is 5.91 Å². The average molecular weight is 326 g/mol. The number of nitrogens with two attached hydrogens (primary N) is 1. The zero-order valence-corrected chi connectivity index (χ0v) is 12.9. The molecule has 19 heavy (non-hydrogen) atoms. The van der Waals surface area contributed by atoms with Crippen LogP contribution < -0.4 is 10.6 Å². The van der Waals surface area contributed by atoms with E-state index in [1.807, 2.05) is 31.3 Å². The van der Waals surface area contributed by atoms with Crippen molar-refractivity contribution in [3.05, 3.63) is 28.7 Å². The summed E-state index contributed by atoms with van der Waals surface area (Å²) in [6.07, 6.45) is 0.950. The van der Waals surface area contributed by atoms with Gasteiger partial charge < -0.3 is 15.5 Å². The zero-order valence-electron chi connectivity index (χ0n) is 11.3. The van der Waals surface area contributed by atoms with E-state index >= 15 is 0 Å². The average Bonchev–Trinajstić information content (AvgIpc) is 2.50. The van der Waals surface area contributed by atoms with Crippen molar-refractivity contribution in [2.45, 2.75) is 25.4 Å². The fourth-order valence-electron chi connectivity index (χ4n) is 2.60. The maximum absolute atomic E-state index is 12.4. The molecule has 1 amide bonds. The lowest BCUT2D eigenvalue weighted by atomic mass is 10.1. The number of carbonyl (C=O) groups is 1. The van der Waals surface area contributed by atoms with Gasteiger partial charge in [-0.1, -0.05) is 22.0 Å². The van der Waals surface area contributed by atoms with E-state index in [4.69, 9.17) is 5.73 Å². The molecular weight excluding hydrogens is 306 g/mol. The Kier molecular flexibility index (Phi) is 4.47. The number of hydrogen-bond donors (Lipinski definition) is 1. The first-order valence-corrected chi connectivity index (χ1v) is 7.33. The van der Waals surface area contributed by atoms with Crippen molar-refractivity contribution in [3.8, 4) is 0 Å². The van der Waals surface area contributed by atoms with Crippen LogP contribution in [0.1, 0.15) is 13.3 Å². The highest BCUT2D eigenvalue weighted by Crippen LogP contribution is 2.27. The number of anilines is 1. The van der Waals surface area contributed by atoms with Gasteiger partial charge in [0.15, 0.2) is 0 Å². The second kappa shape index (κ2) is 5.92. The lowest BCUT2D eigenvalue weighted by Gasteiger charge is -2.35. The Labute approximate surface area is 122 Å². The molecule has 5 heteroatoms. The van der Waals surface area contributed by atoms with Crippen molar-refractivity contribution >= 4 is 27.5 Å². The molecule has 2 unspecified atom stereocenters. The number of rotatable bonds is 2. The van der Waals surface area contributed by atoms with Gasteiger partial charge in [0, 0.05) is 36.3 Å². The van der Waals surface area contributed by atoms with Crippen molar-refractivity contribution in [1.82, 2.24) is 4.90 Å². The Balaban J connectivity index is 2.41. The van der Waals surface area contributed by atoms with E-state index in [2.05, 4.69) is 27.8 Å². The van der Waals surface area contributed by atoms with Gasteiger partial charge >= 0.3 is 0 Å². The molecular formula is C14H20BrN3O. The van der Waals surface area contributed by atoms with E-state index in [-0.39, 0.29) is 18.0 Å². The molecule has 1 aromatic carbocycles. The number of likely N-dealkylation sites (N-methyl/N-ethyl adjacent to an activating group) is 1. The van der Waals surface area contributed by atoms with Crippen molar-refractivity contribution in [2.24, 2.45) is 5.73 Å². The minimum atomic E-state index is -0.281. The highest BCUT2D eigenvalue weighted by molar-refractivity contribution is 9.10. The van der Waals surface area contributed by atoms with E-state index in [1.165, 1.54) is 0 Å². The smallest absolute Gasteiger partial charge is 0.246 e. The summed E-state index contributed by atoms with van der Waals surface area (Å²) in [5.74, 6) is 0.104. The van der Waals surface area contributed by atoms with Crippen LogP contribution in [0.15, 0.2) is 28.7 Å². The number of benzene rings is 1. The maximum atomic E-state index is 12.4. The molecule has 1 fully saturated rings. The first kappa shape index (κ1) is 14.3. The summed E-state index contributed by atoms with van der Waals surface area (Å²) in [4.78, 5) is 16.3. The van der Waals surface area contributed by atoms with E-state index in [9.17, 15) is 4.79 Å². The van der Waals surface area contributed by atoms with Crippen molar-refractivity contribution in [3.63, 3.8) is 0 Å². The van der Waals surface area contributed by atoms with Crippen LogP contribution in [0.2, 0.25) is 0 Å². The molecule has 0 spiro atoms. The van der Waals surface area contributed by atoms with Gasteiger partial charge in [-0.2, -0.15) is 0 Å². The van der Waals surface area contributed by atoms with Crippen LogP contribution in [0.4, 0.5) is 5.69 Å². The minimum Gasteiger partial charge on any atom is -0.356 e. The van der Waals surface area contributed by atoms with E-state index in [0.29, 0.717) is 6.54 Å². The topological polar surface area (TPSA) is 49.6 Å². The molecule has 1 aromatic rings. The van der Waals surface area contributed by atoms with Crippen molar-refractivity contribution < 1.29 is 4.79 Å². The molecule has 1 aliphatic rings. The fraction of sp³-hybridized carbons (Fsp3) is 0.500. The summed E-state index contributed by atoms with van der Waals surface area (Å²) in [6, 6.07) is 8.05. The van der Waals surface area contributed by atoms with Gasteiger partial charge in [-0.05, 0) is 31.5 Å². The minimum absolute atomic E-state index is 0.104. The van der Waals surface area contributed by atoms with Crippen LogP contribution in [0.3, 0.4) is 0 Å². The van der Waals surface area contributed by atoms with Gasteiger partial charge in [-0.15, -0.1) is 0 Å². The third-order valence-corrected chi connectivity index (χ3v) is 4.18. The number of amides is 1. The fourth-order valence-corrected chi connectivity index (χ4v) is 2.98. The highest BCUT2D eigenvalue weighted by atomic mass is 79.9. The standard InChI is InChI=1S/C14H20BrN3O/c1-10-6-7-17(2)14(19)13(9-16)18(10)12-5-3-4-11(15)8-12/h3-5,8,10,13H,6-7,9,16H2,1-2H3. The molecule has 0 bridgehead atoms. The first-order chi connectivity index (χ1) is 9.04. The Hall–Kier alpha value is -1.07. The molecule has 1 aliphatic heterocycles. The van der Waals surface area contributed by atoms with Gasteiger partial charge in [-0.3, -0.25) is 4.79 Å². The van der Waals surface area contributed by atoms with Crippen LogP contribution in [-0.4, -0.2) is 43.0 Å². The third-order valence-electron chi connectivity index (χ3n) is 3.68. The molecule has 4 nitrogen and oxygen atoms in total. The maximum Gasteiger partial charge on any atom is 0.246 e. The molecule has 0 aromatic heterocycles. The predicted octanol–water partition coefficient (Wildman–Crippen LogP) is 1.83. The second-order valence-corrected chi connectivity index (χ2v) is 5.95. The van der Waals surface area contributed by atoms with Crippen LogP contribution >= 0.6 is 15.9 Å². The molecule has 2 rings (SSSR count). The summed E-state index contributed by atoms with van der Waals surface area (Å²) in [5, 5.41) is 0. The highest BCUT2D eigenvalue weighted by Gasteiger charge is 2.33. The third kappa shape index (κ3) is 2.92. The number of carbonyl (C=O) groups excluding carboxylic acids is 1. The molecule has 0 radical (unpaired) electrons. The Morgan fingerprint density at radius 1 is 1.47 bits per heavy atom. The van der Waals surface area contributed by atoms with Crippen LogP contribution in [-0.2, 0) is 4.79 Å². The molecule has 104 valence electrons. The number of hydrogen-bond acceptors (Lipinski definition) is 3. The van der Waals surface area contributed by atoms with Gasteiger partial charge in [0.05, 0.1) is 0 Å². The lowest BCUT2D eigenvalue weighted by molar-refractivity contribution is -0.130. The van der Waals surface area contributed by atoms with Crippen molar-refractivity contribution in [2.75, 3.05) is 25.0 Å². The predicted molar refractivity (Wildman–Crippen MR) is 81.2 cm³/mol. The Morgan fingerprint density at radius 3 is 2.84 bits per heavy atom. The quantitative estimate of drug-likeness (QED) is 0.902. The normalized spacial score (nSPS) is 24.5. The zero-order chi connectivity index (χ0) is 14.0. The van der Waals surface area contributed by atoms with Crippen LogP contribution in [0, 0.1) is 0 Å². The molecule has 1 saturated heterocycles. The molecule has 2 atom stereocenters. The number of nitrogens with zero attached hydrogens (tertiary/aromatic N) is 2.